The highest BCUT2D eigenvalue weighted by atomic mass is 127. The van der Waals surface area contributed by atoms with E-state index in [2.05, 4.69) is 36.0 Å². The van der Waals surface area contributed by atoms with Gasteiger partial charge in [-0.15, -0.1) is 24.0 Å². The van der Waals surface area contributed by atoms with Gasteiger partial charge in [-0.3, -0.25) is 4.99 Å². The van der Waals surface area contributed by atoms with Crippen LogP contribution in [0.1, 0.15) is 33.1 Å². The molecule has 0 aromatic heterocycles. The van der Waals surface area contributed by atoms with Crippen molar-refractivity contribution >= 4 is 29.9 Å². The Labute approximate surface area is 153 Å². The molecule has 1 fully saturated rings. The van der Waals surface area contributed by atoms with Gasteiger partial charge in [0.2, 0.25) is 0 Å². The number of nitrogens with one attached hydrogen (secondary N) is 1. The van der Waals surface area contributed by atoms with Gasteiger partial charge in [-0.05, 0) is 33.4 Å². The van der Waals surface area contributed by atoms with E-state index in [0.29, 0.717) is 5.92 Å². The van der Waals surface area contributed by atoms with E-state index in [9.17, 15) is 0 Å². The van der Waals surface area contributed by atoms with E-state index in [1.807, 2.05) is 0 Å². The van der Waals surface area contributed by atoms with Crippen LogP contribution in [0.2, 0.25) is 0 Å². The highest BCUT2D eigenvalue weighted by molar-refractivity contribution is 14.0. The van der Waals surface area contributed by atoms with E-state index >= 15 is 0 Å². The number of unbranched alkanes of at least 4 members (excludes halogenated alkanes) is 1. The fourth-order valence-electron chi connectivity index (χ4n) is 2.69. The molecular weight excluding hydrogens is 391 g/mol. The quantitative estimate of drug-likeness (QED) is 0.349. The minimum absolute atomic E-state index is 0. The summed E-state index contributed by atoms with van der Waals surface area (Å²) in [6.07, 6.45) is 3.73. The maximum Gasteiger partial charge on any atom is 0.193 e. The lowest BCUT2D eigenvalue weighted by molar-refractivity contribution is 0.157. The number of likely N-dealkylation sites (tertiary alicyclic amines) is 1. The molecule has 0 spiro atoms. The third-order valence-electron chi connectivity index (χ3n) is 3.96. The van der Waals surface area contributed by atoms with E-state index < -0.39 is 0 Å². The Bertz CT molecular complexity index is 302. The Balaban J connectivity index is 0.00000441. The van der Waals surface area contributed by atoms with Crippen molar-refractivity contribution in [2.75, 3.05) is 60.0 Å². The van der Waals surface area contributed by atoms with Crippen LogP contribution in [0.25, 0.3) is 0 Å². The van der Waals surface area contributed by atoms with Gasteiger partial charge in [0.25, 0.3) is 0 Å². The molecule has 0 aromatic carbocycles. The summed E-state index contributed by atoms with van der Waals surface area (Å²) in [5.41, 5.74) is 0. The highest BCUT2D eigenvalue weighted by Gasteiger charge is 2.24. The second-order valence-electron chi connectivity index (χ2n) is 5.95. The fourth-order valence-corrected chi connectivity index (χ4v) is 2.69. The van der Waals surface area contributed by atoms with Gasteiger partial charge in [-0.1, -0.05) is 13.3 Å². The van der Waals surface area contributed by atoms with Crippen molar-refractivity contribution in [3.05, 3.63) is 0 Å². The van der Waals surface area contributed by atoms with Crippen molar-refractivity contribution in [1.82, 2.24) is 15.1 Å². The molecule has 1 aliphatic heterocycles. The fraction of sp³-hybridized carbons (Fsp3) is 0.938. The Morgan fingerprint density at radius 3 is 2.77 bits per heavy atom. The van der Waals surface area contributed by atoms with Crippen molar-refractivity contribution < 1.29 is 4.74 Å². The molecule has 5 nitrogen and oxygen atoms in total. The minimum atomic E-state index is 0. The molecule has 1 N–H and O–H groups in total. The standard InChI is InChI=1S/C16H34N4O.HI/c1-5-7-10-19(3)12-9-18-16(17-6-2)20-11-8-15(13-20)14-21-4;/h15H,5-14H2,1-4H3,(H,17,18);1H. The van der Waals surface area contributed by atoms with Gasteiger partial charge in [-0.2, -0.15) is 0 Å². The van der Waals surface area contributed by atoms with E-state index in [1.54, 1.807) is 7.11 Å². The molecule has 1 unspecified atom stereocenters. The molecule has 0 aromatic rings. The van der Waals surface area contributed by atoms with Crippen molar-refractivity contribution in [3.63, 3.8) is 0 Å². The van der Waals surface area contributed by atoms with E-state index in [1.165, 1.54) is 25.8 Å². The van der Waals surface area contributed by atoms with Gasteiger partial charge in [0, 0.05) is 39.2 Å². The van der Waals surface area contributed by atoms with Crippen LogP contribution >= 0.6 is 24.0 Å². The van der Waals surface area contributed by atoms with Crippen molar-refractivity contribution in [3.8, 4) is 0 Å². The third kappa shape index (κ3) is 8.53. The first-order valence-corrected chi connectivity index (χ1v) is 8.42. The zero-order chi connectivity index (χ0) is 15.5. The highest BCUT2D eigenvalue weighted by Crippen LogP contribution is 2.16. The molecule has 0 aliphatic carbocycles. The number of nitrogens with zero attached hydrogens (tertiary/aromatic N) is 3. The average molecular weight is 426 g/mol. The van der Waals surface area contributed by atoms with Crippen LogP contribution in [0.4, 0.5) is 0 Å². The van der Waals surface area contributed by atoms with Crippen molar-refractivity contribution in [2.24, 2.45) is 10.9 Å². The molecule has 22 heavy (non-hydrogen) atoms. The molecule has 1 heterocycles. The Morgan fingerprint density at radius 1 is 1.36 bits per heavy atom. The van der Waals surface area contributed by atoms with Crippen LogP contribution in [0, 0.1) is 5.92 Å². The summed E-state index contributed by atoms with van der Waals surface area (Å²) >= 11 is 0. The maximum atomic E-state index is 5.27. The van der Waals surface area contributed by atoms with Crippen molar-refractivity contribution in [1.29, 1.82) is 0 Å². The van der Waals surface area contributed by atoms with E-state index in [0.717, 1.165) is 45.3 Å². The number of aliphatic imine (C=N–C) groups is 1. The molecule has 1 rings (SSSR count). The molecule has 0 amide bonds. The van der Waals surface area contributed by atoms with Crippen molar-refractivity contribution in [2.45, 2.75) is 33.1 Å². The summed E-state index contributed by atoms with van der Waals surface area (Å²) in [7, 11) is 3.97. The zero-order valence-corrected chi connectivity index (χ0v) is 17.1. The van der Waals surface area contributed by atoms with Crippen LogP contribution in [-0.2, 0) is 4.74 Å². The monoisotopic (exact) mass is 426 g/mol. The van der Waals surface area contributed by atoms with Crippen LogP contribution in [0.3, 0.4) is 0 Å². The Kier molecular flexibility index (Phi) is 13.3. The molecular formula is C16H35IN4O. The average Bonchev–Trinajstić information content (AvgIpc) is 2.93. The largest absolute Gasteiger partial charge is 0.384 e. The number of hydrogen-bond donors (Lipinski definition) is 1. The molecule has 0 saturated carbocycles. The Morgan fingerprint density at radius 2 is 2.14 bits per heavy atom. The van der Waals surface area contributed by atoms with Gasteiger partial charge >= 0.3 is 0 Å². The van der Waals surface area contributed by atoms with E-state index in [4.69, 9.17) is 9.73 Å². The zero-order valence-electron chi connectivity index (χ0n) is 14.8. The van der Waals surface area contributed by atoms with Gasteiger partial charge in [-0.25, -0.2) is 0 Å². The second-order valence-corrected chi connectivity index (χ2v) is 5.95. The minimum Gasteiger partial charge on any atom is -0.384 e. The summed E-state index contributed by atoms with van der Waals surface area (Å²) in [6, 6.07) is 0. The molecule has 132 valence electrons. The number of ether oxygens (including phenoxy) is 1. The summed E-state index contributed by atoms with van der Waals surface area (Å²) in [5, 5.41) is 3.42. The molecule has 0 bridgehead atoms. The summed E-state index contributed by atoms with van der Waals surface area (Å²) < 4.78 is 5.27. The molecule has 0 radical (unpaired) electrons. The predicted octanol–water partition coefficient (Wildman–Crippen LogP) is 2.27. The van der Waals surface area contributed by atoms with Gasteiger partial charge in [0.15, 0.2) is 5.96 Å². The summed E-state index contributed by atoms with van der Waals surface area (Å²) in [6.45, 7) is 11.4. The first-order chi connectivity index (χ1) is 10.2. The van der Waals surface area contributed by atoms with E-state index in [-0.39, 0.29) is 24.0 Å². The normalized spacial score (nSPS) is 18.7. The number of methoxy groups -OCH3 is 1. The number of guanidine groups is 1. The van der Waals surface area contributed by atoms with Crippen LogP contribution in [-0.4, -0.2) is 75.8 Å². The number of rotatable bonds is 9. The second kappa shape index (κ2) is 13.4. The molecule has 6 heteroatoms. The van der Waals surface area contributed by atoms with Gasteiger partial charge in [0.1, 0.15) is 0 Å². The smallest absolute Gasteiger partial charge is 0.193 e. The topological polar surface area (TPSA) is 40.1 Å². The first kappa shape index (κ1) is 21.9. The third-order valence-corrected chi connectivity index (χ3v) is 3.96. The van der Waals surface area contributed by atoms with Gasteiger partial charge in [0.05, 0.1) is 13.2 Å². The van der Waals surface area contributed by atoms with Crippen LogP contribution < -0.4 is 5.32 Å². The molecule has 1 aliphatic rings. The van der Waals surface area contributed by atoms with Crippen LogP contribution in [0.5, 0.6) is 0 Å². The van der Waals surface area contributed by atoms with Gasteiger partial charge < -0.3 is 19.9 Å². The summed E-state index contributed by atoms with van der Waals surface area (Å²) in [5.74, 6) is 1.71. The lowest BCUT2D eigenvalue weighted by atomic mass is 10.1. The maximum absolute atomic E-state index is 5.27. The lowest BCUT2D eigenvalue weighted by Gasteiger charge is -2.22. The lowest BCUT2D eigenvalue weighted by Crippen LogP contribution is -2.40. The predicted molar refractivity (Wildman–Crippen MR) is 105 cm³/mol. The molecule has 1 saturated heterocycles. The van der Waals surface area contributed by atoms with Crippen LogP contribution in [0.15, 0.2) is 4.99 Å². The summed E-state index contributed by atoms with van der Waals surface area (Å²) in [4.78, 5) is 9.53. The number of hydrogen-bond acceptors (Lipinski definition) is 3. The number of halogens is 1. The number of likely N-dealkylation sites (N-methyl/N-ethyl adjacent to an activating group) is 1. The Hall–Kier alpha value is -0.0800. The molecule has 1 atom stereocenters. The first-order valence-electron chi connectivity index (χ1n) is 8.42. The SMILES string of the molecule is CCCCN(C)CCN=C(NCC)N1CCC(COC)C1.I.